The molecule has 1 atom stereocenters. The maximum atomic E-state index is 12.0. The molecule has 0 saturated heterocycles. The Hall–Kier alpha value is -1.48. The van der Waals surface area contributed by atoms with Gasteiger partial charge in [-0.05, 0) is 29.7 Å². The molecule has 2 N–H and O–H groups in total. The van der Waals surface area contributed by atoms with Crippen molar-refractivity contribution in [2.45, 2.75) is 31.2 Å². The quantitative estimate of drug-likeness (QED) is 0.726. The molecule has 1 amide bonds. The molecule has 1 unspecified atom stereocenters. The Balaban J connectivity index is 2.04. The predicted molar refractivity (Wildman–Crippen MR) is 90.9 cm³/mol. The van der Waals surface area contributed by atoms with Gasteiger partial charge < -0.3 is 10.4 Å². The van der Waals surface area contributed by atoms with Gasteiger partial charge in [0.05, 0.1) is 5.69 Å². The fourth-order valence-electron chi connectivity index (χ4n) is 2.23. The Morgan fingerprint density at radius 2 is 2.35 bits per heavy atom. The highest BCUT2D eigenvalue weighted by atomic mass is 32.2. The number of rotatable bonds is 7. The van der Waals surface area contributed by atoms with Crippen LogP contribution in [0.25, 0.3) is 0 Å². The summed E-state index contributed by atoms with van der Waals surface area (Å²) in [5.74, 6) is 0.750. The zero-order chi connectivity index (χ0) is 16.8. The number of carboxylic acids is 1. The first-order valence-corrected chi connectivity index (χ1v) is 9.75. The van der Waals surface area contributed by atoms with Gasteiger partial charge in [-0.1, -0.05) is 0 Å². The van der Waals surface area contributed by atoms with Crippen molar-refractivity contribution in [1.82, 2.24) is 15.1 Å². The molecule has 1 aromatic heterocycles. The molecule has 1 aromatic rings. The minimum Gasteiger partial charge on any atom is -0.480 e. The van der Waals surface area contributed by atoms with Crippen LogP contribution >= 0.6 is 23.5 Å². The fraction of sp³-hybridized carbons (Fsp3) is 0.571. The number of aryl methyl sites for hydroxylation is 1. The van der Waals surface area contributed by atoms with Crippen LogP contribution < -0.4 is 10.9 Å². The number of carbonyl (C=O) groups excluding carboxylic acids is 1. The summed E-state index contributed by atoms with van der Waals surface area (Å²) in [4.78, 5) is 35.2. The van der Waals surface area contributed by atoms with E-state index in [1.165, 1.54) is 17.8 Å². The molecule has 1 aliphatic rings. The van der Waals surface area contributed by atoms with Crippen LogP contribution in [0.1, 0.15) is 17.7 Å². The summed E-state index contributed by atoms with van der Waals surface area (Å²) in [6.07, 6.45) is 2.98. The molecule has 9 heteroatoms. The van der Waals surface area contributed by atoms with Gasteiger partial charge in [-0.2, -0.15) is 28.6 Å². The average Bonchev–Trinajstić information content (AvgIpc) is 2.51. The first-order valence-electron chi connectivity index (χ1n) is 7.20. The molecule has 7 nitrogen and oxygen atoms in total. The van der Waals surface area contributed by atoms with Gasteiger partial charge in [0.1, 0.15) is 12.6 Å². The maximum Gasteiger partial charge on any atom is 0.326 e. The van der Waals surface area contributed by atoms with Crippen molar-refractivity contribution in [1.29, 1.82) is 0 Å². The normalized spacial score (nSPS) is 14.8. The third-order valence-corrected chi connectivity index (χ3v) is 5.09. The van der Waals surface area contributed by atoms with Gasteiger partial charge in [0.25, 0.3) is 5.56 Å². The van der Waals surface area contributed by atoms with Crippen LogP contribution in [0.2, 0.25) is 0 Å². The van der Waals surface area contributed by atoms with Crippen molar-refractivity contribution in [2.24, 2.45) is 0 Å². The SMILES string of the molecule is CSCCC(NC(=O)Cn1nc2c(cc1=O)CSCC2)C(=O)O. The van der Waals surface area contributed by atoms with Gasteiger partial charge in [0, 0.05) is 18.2 Å². The van der Waals surface area contributed by atoms with Crippen molar-refractivity contribution in [3.05, 3.63) is 27.7 Å². The summed E-state index contributed by atoms with van der Waals surface area (Å²) in [5, 5.41) is 15.8. The molecule has 0 fully saturated rings. The number of fused-ring (bicyclic) bond motifs is 1. The van der Waals surface area contributed by atoms with Crippen LogP contribution in [0, 0.1) is 0 Å². The van der Waals surface area contributed by atoms with Gasteiger partial charge in [-0.3, -0.25) is 9.59 Å². The van der Waals surface area contributed by atoms with Crippen LogP contribution in [0.15, 0.2) is 10.9 Å². The fourth-order valence-corrected chi connectivity index (χ4v) is 3.66. The summed E-state index contributed by atoms with van der Waals surface area (Å²) in [6.45, 7) is -0.262. The number of nitrogens with one attached hydrogen (secondary N) is 1. The van der Waals surface area contributed by atoms with Crippen LogP contribution in [0.3, 0.4) is 0 Å². The molecule has 0 aliphatic carbocycles. The highest BCUT2D eigenvalue weighted by Gasteiger charge is 2.20. The van der Waals surface area contributed by atoms with Gasteiger partial charge in [-0.15, -0.1) is 0 Å². The number of aliphatic carboxylic acids is 1. The van der Waals surface area contributed by atoms with E-state index < -0.39 is 17.9 Å². The van der Waals surface area contributed by atoms with E-state index in [1.807, 2.05) is 6.26 Å². The number of hydrogen-bond donors (Lipinski definition) is 2. The Kier molecular flexibility index (Phi) is 6.52. The van der Waals surface area contributed by atoms with E-state index in [9.17, 15) is 14.4 Å². The Morgan fingerprint density at radius 3 is 3.04 bits per heavy atom. The molecular weight excluding hydrogens is 338 g/mol. The smallest absolute Gasteiger partial charge is 0.326 e. The number of nitrogens with zero attached hydrogens (tertiary/aromatic N) is 2. The molecule has 0 bridgehead atoms. The molecule has 23 heavy (non-hydrogen) atoms. The molecule has 0 aromatic carbocycles. The third-order valence-electron chi connectivity index (χ3n) is 3.44. The lowest BCUT2D eigenvalue weighted by Crippen LogP contribution is -2.44. The zero-order valence-electron chi connectivity index (χ0n) is 12.8. The predicted octanol–water partition coefficient (Wildman–Crippen LogP) is 0.355. The highest BCUT2D eigenvalue weighted by Crippen LogP contribution is 2.21. The van der Waals surface area contributed by atoms with E-state index in [-0.39, 0.29) is 12.1 Å². The third kappa shape index (κ3) is 5.00. The second-order valence-electron chi connectivity index (χ2n) is 5.15. The lowest BCUT2D eigenvalue weighted by atomic mass is 10.2. The van der Waals surface area contributed by atoms with E-state index in [0.717, 1.165) is 33.9 Å². The number of hydrogen-bond acceptors (Lipinski definition) is 6. The first kappa shape index (κ1) is 17.9. The van der Waals surface area contributed by atoms with Crippen LogP contribution in [-0.4, -0.2) is 50.6 Å². The summed E-state index contributed by atoms with van der Waals surface area (Å²) < 4.78 is 1.11. The maximum absolute atomic E-state index is 12.0. The molecule has 1 aliphatic heterocycles. The number of thioether (sulfide) groups is 2. The highest BCUT2D eigenvalue weighted by molar-refractivity contribution is 7.98. The largest absolute Gasteiger partial charge is 0.480 e. The standard InChI is InChI=1S/C14H19N3O4S2/c1-22-4-2-11(14(20)21)15-12(18)7-17-13(19)6-9-8-23-5-3-10(9)16-17/h6,11H,2-5,7-8H2,1H3,(H,15,18)(H,20,21). The molecule has 126 valence electrons. The number of carboxylic acid groups (broad SMARTS) is 1. The summed E-state index contributed by atoms with van der Waals surface area (Å²) in [5.41, 5.74) is 1.43. The van der Waals surface area contributed by atoms with Crippen molar-refractivity contribution < 1.29 is 14.7 Å². The van der Waals surface area contributed by atoms with Crippen LogP contribution in [-0.2, 0) is 28.3 Å². The molecule has 0 spiro atoms. The van der Waals surface area contributed by atoms with Crippen LogP contribution in [0.4, 0.5) is 0 Å². The number of aromatic nitrogens is 2. The lowest BCUT2D eigenvalue weighted by molar-refractivity contribution is -0.142. The molecule has 2 heterocycles. The minimum atomic E-state index is -1.07. The minimum absolute atomic E-state index is 0.262. The first-order chi connectivity index (χ1) is 11.0. The van der Waals surface area contributed by atoms with Crippen molar-refractivity contribution in [2.75, 3.05) is 17.8 Å². The van der Waals surface area contributed by atoms with E-state index in [4.69, 9.17) is 5.11 Å². The topological polar surface area (TPSA) is 101 Å². The summed E-state index contributed by atoms with van der Waals surface area (Å²) in [7, 11) is 0. The second-order valence-corrected chi connectivity index (χ2v) is 7.25. The second kappa shape index (κ2) is 8.39. The van der Waals surface area contributed by atoms with E-state index in [2.05, 4.69) is 10.4 Å². The Morgan fingerprint density at radius 1 is 1.57 bits per heavy atom. The molecular formula is C14H19N3O4S2. The zero-order valence-corrected chi connectivity index (χ0v) is 14.4. The molecule has 0 saturated carbocycles. The van der Waals surface area contributed by atoms with Crippen molar-refractivity contribution in [3.63, 3.8) is 0 Å². The van der Waals surface area contributed by atoms with Gasteiger partial charge in [-0.25, -0.2) is 9.48 Å². The van der Waals surface area contributed by atoms with E-state index in [1.54, 1.807) is 11.8 Å². The van der Waals surface area contributed by atoms with E-state index in [0.29, 0.717) is 12.2 Å². The van der Waals surface area contributed by atoms with Gasteiger partial charge >= 0.3 is 5.97 Å². The monoisotopic (exact) mass is 357 g/mol. The van der Waals surface area contributed by atoms with Crippen molar-refractivity contribution in [3.8, 4) is 0 Å². The molecule has 0 radical (unpaired) electrons. The van der Waals surface area contributed by atoms with Gasteiger partial charge in [0.2, 0.25) is 5.91 Å². The summed E-state index contributed by atoms with van der Waals surface area (Å²) >= 11 is 3.26. The van der Waals surface area contributed by atoms with Crippen molar-refractivity contribution >= 4 is 35.4 Å². The lowest BCUT2D eigenvalue weighted by Gasteiger charge is -2.17. The number of amides is 1. The number of carbonyl (C=O) groups is 2. The summed E-state index contributed by atoms with van der Waals surface area (Å²) in [6, 6.07) is 0.573. The van der Waals surface area contributed by atoms with Crippen LogP contribution in [0.5, 0.6) is 0 Å². The Labute approximate surface area is 142 Å². The Bertz CT molecular complexity index is 647. The van der Waals surface area contributed by atoms with E-state index >= 15 is 0 Å². The molecule has 2 rings (SSSR count). The average molecular weight is 357 g/mol. The van der Waals surface area contributed by atoms with Gasteiger partial charge in [0.15, 0.2) is 0 Å².